The molecule has 6 nitrogen and oxygen atoms in total. The van der Waals surface area contributed by atoms with Crippen molar-refractivity contribution in [2.24, 2.45) is 0 Å². The van der Waals surface area contributed by atoms with Crippen LogP contribution in [0.5, 0.6) is 0 Å². The van der Waals surface area contributed by atoms with Crippen molar-refractivity contribution in [3.05, 3.63) is 29.3 Å². The molecule has 0 unspecified atom stereocenters. The van der Waals surface area contributed by atoms with Gasteiger partial charge in [-0.05, 0) is 38.8 Å². The Labute approximate surface area is 169 Å². The number of amides is 1. The SMILES string of the molecule is CCN(C(=O)[C@@H](C)Sc1nnc(-c2cccc(Cl)c2)n1N)C1CCCCC1. The fourth-order valence-corrected chi connectivity index (χ4v) is 4.64. The van der Waals surface area contributed by atoms with Gasteiger partial charge in [-0.25, -0.2) is 4.68 Å². The Hall–Kier alpha value is -1.73. The molecule has 0 spiro atoms. The lowest BCUT2D eigenvalue weighted by Gasteiger charge is -2.35. The molecule has 8 heteroatoms. The average Bonchev–Trinajstić information content (AvgIpc) is 3.03. The van der Waals surface area contributed by atoms with E-state index in [0.717, 1.165) is 24.9 Å². The summed E-state index contributed by atoms with van der Waals surface area (Å²) in [5.41, 5.74) is 0.792. The molecule has 2 N–H and O–H groups in total. The van der Waals surface area contributed by atoms with E-state index in [2.05, 4.69) is 10.2 Å². The summed E-state index contributed by atoms with van der Waals surface area (Å²) in [7, 11) is 0. The number of carbonyl (C=O) groups is 1. The quantitative estimate of drug-likeness (QED) is 0.579. The molecule has 1 aliphatic carbocycles. The predicted molar refractivity (Wildman–Crippen MR) is 110 cm³/mol. The van der Waals surface area contributed by atoms with Crippen molar-refractivity contribution in [3.8, 4) is 11.4 Å². The minimum absolute atomic E-state index is 0.140. The molecular weight excluding hydrogens is 382 g/mol. The Balaban J connectivity index is 1.72. The first-order valence-corrected chi connectivity index (χ1v) is 10.7. The van der Waals surface area contributed by atoms with Crippen LogP contribution in [0.3, 0.4) is 0 Å². The lowest BCUT2D eigenvalue weighted by molar-refractivity contribution is -0.133. The number of hydrogen-bond acceptors (Lipinski definition) is 5. The monoisotopic (exact) mass is 407 g/mol. The van der Waals surface area contributed by atoms with Gasteiger partial charge in [0.1, 0.15) is 0 Å². The van der Waals surface area contributed by atoms with Gasteiger partial charge in [-0.1, -0.05) is 54.8 Å². The molecule has 1 fully saturated rings. The summed E-state index contributed by atoms with van der Waals surface area (Å²) in [5, 5.41) is 9.21. The van der Waals surface area contributed by atoms with Crippen LogP contribution in [0.25, 0.3) is 11.4 Å². The Morgan fingerprint density at radius 2 is 2.11 bits per heavy atom. The minimum atomic E-state index is -0.273. The van der Waals surface area contributed by atoms with Crippen molar-refractivity contribution in [1.82, 2.24) is 19.8 Å². The summed E-state index contributed by atoms with van der Waals surface area (Å²) in [6.45, 7) is 4.69. The normalized spacial score (nSPS) is 16.3. The number of carbonyl (C=O) groups excluding carboxylic acids is 1. The zero-order valence-corrected chi connectivity index (χ0v) is 17.3. The number of halogens is 1. The summed E-state index contributed by atoms with van der Waals surface area (Å²) in [6.07, 6.45) is 5.88. The molecule has 1 amide bonds. The molecular formula is C19H26ClN5OS. The molecule has 0 saturated heterocycles. The molecule has 1 aromatic carbocycles. The number of nitrogen functional groups attached to an aromatic ring is 1. The molecule has 0 radical (unpaired) electrons. The van der Waals surface area contributed by atoms with Crippen molar-refractivity contribution in [3.63, 3.8) is 0 Å². The first kappa shape index (κ1) is 20.0. The van der Waals surface area contributed by atoms with Crippen molar-refractivity contribution in [2.75, 3.05) is 12.4 Å². The highest BCUT2D eigenvalue weighted by Crippen LogP contribution is 2.29. The second kappa shape index (κ2) is 8.97. The van der Waals surface area contributed by atoms with Crippen LogP contribution in [0.4, 0.5) is 0 Å². The Morgan fingerprint density at radius 1 is 1.37 bits per heavy atom. The van der Waals surface area contributed by atoms with E-state index in [4.69, 9.17) is 17.4 Å². The van der Waals surface area contributed by atoms with Gasteiger partial charge < -0.3 is 10.7 Å². The van der Waals surface area contributed by atoms with Crippen molar-refractivity contribution in [2.45, 2.75) is 62.4 Å². The molecule has 1 aliphatic rings. The van der Waals surface area contributed by atoms with Gasteiger partial charge in [-0.3, -0.25) is 4.79 Å². The van der Waals surface area contributed by atoms with Gasteiger partial charge in [0.05, 0.1) is 5.25 Å². The van der Waals surface area contributed by atoms with E-state index in [-0.39, 0.29) is 11.2 Å². The second-order valence-corrected chi connectivity index (χ2v) is 8.61. The van der Waals surface area contributed by atoms with E-state index >= 15 is 0 Å². The highest BCUT2D eigenvalue weighted by Gasteiger charge is 2.29. The molecule has 0 bridgehead atoms. The molecule has 27 heavy (non-hydrogen) atoms. The van der Waals surface area contributed by atoms with Gasteiger partial charge >= 0.3 is 0 Å². The van der Waals surface area contributed by atoms with Gasteiger partial charge in [0.25, 0.3) is 0 Å². The second-order valence-electron chi connectivity index (χ2n) is 6.86. The molecule has 1 heterocycles. The average molecular weight is 408 g/mol. The Bertz CT molecular complexity index is 790. The van der Waals surface area contributed by atoms with Crippen molar-refractivity contribution >= 4 is 29.3 Å². The Kier molecular flexibility index (Phi) is 6.65. The highest BCUT2D eigenvalue weighted by atomic mass is 35.5. The number of thioether (sulfide) groups is 1. The van der Waals surface area contributed by atoms with Crippen LogP contribution >= 0.6 is 23.4 Å². The van der Waals surface area contributed by atoms with Crippen LogP contribution in [0.1, 0.15) is 46.0 Å². The van der Waals surface area contributed by atoms with Crippen molar-refractivity contribution < 1.29 is 4.79 Å². The first-order valence-electron chi connectivity index (χ1n) is 9.44. The molecule has 1 atom stereocenters. The van der Waals surface area contributed by atoms with E-state index < -0.39 is 0 Å². The maximum absolute atomic E-state index is 13.0. The summed E-state index contributed by atoms with van der Waals surface area (Å²) in [4.78, 5) is 15.0. The van der Waals surface area contributed by atoms with Crippen LogP contribution < -0.4 is 5.84 Å². The third-order valence-electron chi connectivity index (χ3n) is 5.02. The van der Waals surface area contributed by atoms with Crippen LogP contribution in [-0.2, 0) is 4.79 Å². The van der Waals surface area contributed by atoms with E-state index in [1.54, 1.807) is 12.1 Å². The lowest BCUT2D eigenvalue weighted by Crippen LogP contribution is -2.44. The van der Waals surface area contributed by atoms with Gasteiger partial charge in [0.15, 0.2) is 5.82 Å². The first-order chi connectivity index (χ1) is 13.0. The molecule has 1 saturated carbocycles. The maximum atomic E-state index is 13.0. The van der Waals surface area contributed by atoms with Crippen LogP contribution in [0.15, 0.2) is 29.4 Å². The molecule has 0 aliphatic heterocycles. The smallest absolute Gasteiger partial charge is 0.236 e. The summed E-state index contributed by atoms with van der Waals surface area (Å²) in [6, 6.07) is 7.67. The number of aromatic nitrogens is 3. The van der Waals surface area contributed by atoms with Gasteiger partial charge in [-0.15, -0.1) is 10.2 Å². The maximum Gasteiger partial charge on any atom is 0.236 e. The third-order valence-corrected chi connectivity index (χ3v) is 6.30. The predicted octanol–water partition coefficient (Wildman–Crippen LogP) is 3.97. The third kappa shape index (κ3) is 4.58. The largest absolute Gasteiger partial charge is 0.339 e. The van der Waals surface area contributed by atoms with Crippen LogP contribution in [0, 0.1) is 0 Å². The summed E-state index contributed by atoms with van der Waals surface area (Å²) in [5.74, 6) is 6.86. The fourth-order valence-electron chi connectivity index (χ4n) is 3.61. The van der Waals surface area contributed by atoms with Gasteiger partial charge in [-0.2, -0.15) is 0 Å². The van der Waals surface area contributed by atoms with E-state index in [9.17, 15) is 4.79 Å². The standard InChI is InChI=1S/C19H26ClN5OS/c1-3-24(16-10-5-4-6-11-16)18(26)13(2)27-19-23-22-17(25(19)21)14-8-7-9-15(20)12-14/h7-9,12-13,16H,3-6,10-11,21H2,1-2H3/t13-/m1/s1. The number of hydrogen-bond donors (Lipinski definition) is 1. The van der Waals surface area contributed by atoms with Gasteiger partial charge in [0, 0.05) is 23.2 Å². The zero-order chi connectivity index (χ0) is 19.4. The fraction of sp³-hybridized carbons (Fsp3) is 0.526. The number of benzene rings is 1. The molecule has 2 aromatic rings. The minimum Gasteiger partial charge on any atom is -0.339 e. The molecule has 3 rings (SSSR count). The van der Waals surface area contributed by atoms with Gasteiger partial charge in [0.2, 0.25) is 11.1 Å². The zero-order valence-electron chi connectivity index (χ0n) is 15.8. The molecule has 1 aromatic heterocycles. The van der Waals surface area contributed by atoms with Crippen LogP contribution in [-0.4, -0.2) is 43.5 Å². The van der Waals surface area contributed by atoms with E-state index in [1.807, 2.05) is 30.9 Å². The number of nitrogens with zero attached hydrogens (tertiary/aromatic N) is 4. The topological polar surface area (TPSA) is 77.0 Å². The molecule has 146 valence electrons. The Morgan fingerprint density at radius 3 is 2.78 bits per heavy atom. The van der Waals surface area contributed by atoms with Crippen molar-refractivity contribution in [1.29, 1.82) is 0 Å². The number of rotatable bonds is 6. The highest BCUT2D eigenvalue weighted by molar-refractivity contribution is 8.00. The summed E-state index contributed by atoms with van der Waals surface area (Å²) < 4.78 is 1.43. The summed E-state index contributed by atoms with van der Waals surface area (Å²) >= 11 is 7.40. The number of nitrogens with two attached hydrogens (primary N) is 1. The lowest BCUT2D eigenvalue weighted by atomic mass is 9.94. The van der Waals surface area contributed by atoms with E-state index in [0.29, 0.717) is 22.0 Å². The van der Waals surface area contributed by atoms with Crippen LogP contribution in [0.2, 0.25) is 5.02 Å². The van der Waals surface area contributed by atoms with E-state index in [1.165, 1.54) is 35.7 Å².